The van der Waals surface area contributed by atoms with E-state index in [9.17, 15) is 19.2 Å². The molecular weight excluding hydrogens is 444 g/mol. The number of fused-ring (bicyclic) bond motifs is 1. The molecule has 1 aromatic heterocycles. The van der Waals surface area contributed by atoms with Gasteiger partial charge in [-0.05, 0) is 56.5 Å². The third-order valence-electron chi connectivity index (χ3n) is 6.79. The number of nitrogens with one attached hydrogen (secondary N) is 1. The lowest BCUT2D eigenvalue weighted by atomic mass is 10.1. The van der Waals surface area contributed by atoms with E-state index in [1.165, 1.54) is 4.57 Å². The average Bonchev–Trinajstić information content (AvgIpc) is 3.38. The fourth-order valence-electron chi connectivity index (χ4n) is 4.76. The van der Waals surface area contributed by atoms with Gasteiger partial charge in [0, 0.05) is 24.7 Å². The number of nitrogens with zero attached hydrogens (tertiary/aromatic N) is 3. The number of aromatic nitrogens is 2. The van der Waals surface area contributed by atoms with Crippen molar-refractivity contribution in [3.05, 3.63) is 80.5 Å². The molecule has 8 nitrogen and oxygen atoms in total. The molecule has 1 heterocycles. The predicted molar refractivity (Wildman–Crippen MR) is 136 cm³/mol. The summed E-state index contributed by atoms with van der Waals surface area (Å²) in [5, 5.41) is 3.45. The Morgan fingerprint density at radius 2 is 1.60 bits per heavy atom. The van der Waals surface area contributed by atoms with Crippen molar-refractivity contribution in [2.24, 2.45) is 0 Å². The molecule has 1 fully saturated rings. The molecule has 0 saturated heterocycles. The fraction of sp³-hybridized carbons (Fsp3) is 0.407. The van der Waals surface area contributed by atoms with E-state index in [0.29, 0.717) is 29.6 Å². The molecule has 0 aliphatic heterocycles. The largest absolute Gasteiger partial charge is 0.349 e. The summed E-state index contributed by atoms with van der Waals surface area (Å²) in [6, 6.07) is 14.0. The Balaban J connectivity index is 1.64. The molecule has 0 unspecified atom stereocenters. The maximum absolute atomic E-state index is 13.4. The number of hydrogen-bond donors (Lipinski definition) is 1. The number of likely N-dealkylation sites (N-methyl/N-ethyl adjacent to an activating group) is 1. The lowest BCUT2D eigenvalue weighted by molar-refractivity contribution is -0.131. The predicted octanol–water partition coefficient (Wildman–Crippen LogP) is 2.75. The highest BCUT2D eigenvalue weighted by Gasteiger charge is 2.19. The van der Waals surface area contributed by atoms with Crippen molar-refractivity contribution in [1.82, 2.24) is 19.4 Å². The maximum Gasteiger partial charge on any atom is 0.332 e. The normalized spacial score (nSPS) is 13.8. The molecular formula is C27H32N4O4. The fourth-order valence-corrected chi connectivity index (χ4v) is 4.76. The Labute approximate surface area is 204 Å². The van der Waals surface area contributed by atoms with Crippen LogP contribution in [-0.4, -0.2) is 45.0 Å². The second kappa shape index (κ2) is 10.7. The Morgan fingerprint density at radius 3 is 2.26 bits per heavy atom. The van der Waals surface area contributed by atoms with Crippen LogP contribution in [0.25, 0.3) is 10.9 Å². The van der Waals surface area contributed by atoms with E-state index in [1.54, 1.807) is 53.4 Å². The molecule has 0 bridgehead atoms. The first-order valence-corrected chi connectivity index (χ1v) is 12.3. The molecule has 2 aromatic carbocycles. The number of hydrogen-bond acceptors (Lipinski definition) is 4. The third-order valence-corrected chi connectivity index (χ3v) is 6.79. The van der Waals surface area contributed by atoms with Gasteiger partial charge >= 0.3 is 5.69 Å². The summed E-state index contributed by atoms with van der Waals surface area (Å²) in [5.41, 5.74) is 0.780. The molecule has 8 heteroatoms. The van der Waals surface area contributed by atoms with Gasteiger partial charge in [0.15, 0.2) is 0 Å². The van der Waals surface area contributed by atoms with Gasteiger partial charge in [0.05, 0.1) is 17.4 Å². The quantitative estimate of drug-likeness (QED) is 0.541. The van der Waals surface area contributed by atoms with Crippen molar-refractivity contribution in [2.75, 3.05) is 13.1 Å². The van der Waals surface area contributed by atoms with Crippen LogP contribution < -0.4 is 16.6 Å². The van der Waals surface area contributed by atoms with Crippen molar-refractivity contribution in [3.63, 3.8) is 0 Å². The molecule has 1 aliphatic carbocycles. The van der Waals surface area contributed by atoms with Crippen molar-refractivity contribution in [1.29, 1.82) is 0 Å². The molecule has 0 spiro atoms. The molecule has 4 rings (SSSR count). The second-order valence-corrected chi connectivity index (χ2v) is 8.99. The van der Waals surface area contributed by atoms with Gasteiger partial charge in [-0.3, -0.25) is 23.5 Å². The smallest absolute Gasteiger partial charge is 0.332 e. The van der Waals surface area contributed by atoms with Crippen molar-refractivity contribution in [2.45, 2.75) is 58.7 Å². The van der Waals surface area contributed by atoms with Crippen molar-refractivity contribution in [3.8, 4) is 0 Å². The van der Waals surface area contributed by atoms with E-state index in [1.807, 2.05) is 13.8 Å². The molecule has 0 radical (unpaired) electrons. The molecule has 2 amide bonds. The van der Waals surface area contributed by atoms with Gasteiger partial charge in [-0.15, -0.1) is 0 Å². The summed E-state index contributed by atoms with van der Waals surface area (Å²) in [4.78, 5) is 53.6. The van der Waals surface area contributed by atoms with E-state index in [0.717, 1.165) is 35.8 Å². The van der Waals surface area contributed by atoms with Gasteiger partial charge in [-0.25, -0.2) is 4.79 Å². The Kier molecular flexibility index (Phi) is 7.48. The summed E-state index contributed by atoms with van der Waals surface area (Å²) in [6.45, 7) is 4.78. The molecule has 1 N–H and O–H groups in total. The number of rotatable bonds is 8. The Hall–Kier alpha value is -3.68. The molecule has 0 atom stereocenters. The maximum atomic E-state index is 13.4. The summed E-state index contributed by atoms with van der Waals surface area (Å²) >= 11 is 0. The Morgan fingerprint density at radius 1 is 0.943 bits per heavy atom. The zero-order valence-electron chi connectivity index (χ0n) is 20.3. The van der Waals surface area contributed by atoms with E-state index in [4.69, 9.17) is 0 Å². The number of para-hydroxylation sites is 1. The minimum absolute atomic E-state index is 0.0481. The van der Waals surface area contributed by atoms with E-state index in [-0.39, 0.29) is 30.9 Å². The first-order valence-electron chi connectivity index (χ1n) is 12.3. The van der Waals surface area contributed by atoms with Crippen LogP contribution >= 0.6 is 0 Å². The van der Waals surface area contributed by atoms with Crippen molar-refractivity contribution >= 4 is 22.7 Å². The van der Waals surface area contributed by atoms with Crippen LogP contribution in [-0.2, 0) is 17.9 Å². The molecule has 3 aromatic rings. The summed E-state index contributed by atoms with van der Waals surface area (Å²) in [5.74, 6) is -0.284. The monoisotopic (exact) mass is 476 g/mol. The zero-order valence-corrected chi connectivity index (χ0v) is 20.3. The number of amides is 2. The number of benzene rings is 2. The topological polar surface area (TPSA) is 93.4 Å². The first-order chi connectivity index (χ1) is 16.9. The standard InChI is InChI=1S/C27H32N4O4/c1-3-29(4-2)24(32)18-30-23-12-8-7-11-22(23)26(34)31(27(30)35)17-19-13-15-20(16-14-19)25(33)28-21-9-5-6-10-21/h7-8,11-16,21H,3-6,9-10,17-18H2,1-2H3,(H,28,33). The minimum atomic E-state index is -0.530. The lowest BCUT2D eigenvalue weighted by Crippen LogP contribution is -2.43. The van der Waals surface area contributed by atoms with Crippen LogP contribution in [0.2, 0.25) is 0 Å². The van der Waals surface area contributed by atoms with Gasteiger partial charge < -0.3 is 10.2 Å². The number of carbonyl (C=O) groups excluding carboxylic acids is 2. The van der Waals surface area contributed by atoms with Crippen LogP contribution in [0.15, 0.2) is 58.1 Å². The number of carbonyl (C=O) groups is 2. The highest BCUT2D eigenvalue weighted by molar-refractivity contribution is 5.94. The van der Waals surface area contributed by atoms with E-state index in [2.05, 4.69) is 5.32 Å². The van der Waals surface area contributed by atoms with Crippen LogP contribution in [0.1, 0.15) is 55.5 Å². The first kappa shape index (κ1) is 24.4. The Bertz CT molecular complexity index is 1330. The van der Waals surface area contributed by atoms with Crippen LogP contribution in [0.5, 0.6) is 0 Å². The second-order valence-electron chi connectivity index (χ2n) is 8.99. The van der Waals surface area contributed by atoms with Gasteiger partial charge in [-0.2, -0.15) is 0 Å². The lowest BCUT2D eigenvalue weighted by Gasteiger charge is -2.20. The molecule has 35 heavy (non-hydrogen) atoms. The van der Waals surface area contributed by atoms with Gasteiger partial charge in [0.2, 0.25) is 5.91 Å². The van der Waals surface area contributed by atoms with Crippen LogP contribution in [0.4, 0.5) is 0 Å². The highest BCUT2D eigenvalue weighted by atomic mass is 16.2. The van der Waals surface area contributed by atoms with Gasteiger partial charge in [0.25, 0.3) is 11.5 Å². The van der Waals surface area contributed by atoms with Gasteiger partial charge in [-0.1, -0.05) is 37.1 Å². The summed E-state index contributed by atoms with van der Waals surface area (Å²) in [7, 11) is 0. The van der Waals surface area contributed by atoms with E-state index >= 15 is 0 Å². The SMILES string of the molecule is CCN(CC)C(=O)Cn1c(=O)n(Cc2ccc(C(=O)NC3CCCC3)cc2)c(=O)c2ccccc21. The van der Waals surface area contributed by atoms with Gasteiger partial charge in [0.1, 0.15) is 6.54 Å². The summed E-state index contributed by atoms with van der Waals surface area (Å²) < 4.78 is 2.53. The highest BCUT2D eigenvalue weighted by Crippen LogP contribution is 2.18. The third kappa shape index (κ3) is 5.21. The summed E-state index contributed by atoms with van der Waals surface area (Å²) in [6.07, 6.45) is 4.31. The van der Waals surface area contributed by atoms with E-state index < -0.39 is 11.2 Å². The molecule has 1 saturated carbocycles. The van der Waals surface area contributed by atoms with Crippen LogP contribution in [0, 0.1) is 0 Å². The minimum Gasteiger partial charge on any atom is -0.349 e. The van der Waals surface area contributed by atoms with Crippen LogP contribution in [0.3, 0.4) is 0 Å². The zero-order chi connectivity index (χ0) is 24.9. The average molecular weight is 477 g/mol. The molecule has 184 valence electrons. The van der Waals surface area contributed by atoms with Crippen molar-refractivity contribution < 1.29 is 9.59 Å². The molecule has 1 aliphatic rings.